The Morgan fingerprint density at radius 3 is 2.55 bits per heavy atom. The molecule has 0 saturated heterocycles. The number of para-hydroxylation sites is 1. The Labute approximate surface area is 120 Å². The van der Waals surface area contributed by atoms with Crippen molar-refractivity contribution in [1.82, 2.24) is 0 Å². The lowest BCUT2D eigenvalue weighted by Crippen LogP contribution is -2.40. The fourth-order valence-corrected chi connectivity index (χ4v) is 3.07. The Morgan fingerprint density at radius 1 is 1.10 bits per heavy atom. The van der Waals surface area contributed by atoms with E-state index in [0.717, 1.165) is 12.8 Å². The van der Waals surface area contributed by atoms with Gasteiger partial charge in [0.05, 0.1) is 12.1 Å². The summed E-state index contributed by atoms with van der Waals surface area (Å²) in [7, 11) is 0. The maximum Gasteiger partial charge on any atom is 0.117 e. The molecule has 1 heterocycles. The molecule has 1 aliphatic rings. The van der Waals surface area contributed by atoms with Gasteiger partial charge in [0.25, 0.3) is 0 Å². The maximum absolute atomic E-state index is 9.49. The van der Waals surface area contributed by atoms with Crippen LogP contribution in [0.1, 0.15) is 30.5 Å². The van der Waals surface area contributed by atoms with Crippen LogP contribution in [0.15, 0.2) is 54.6 Å². The summed E-state index contributed by atoms with van der Waals surface area (Å²) in [6.07, 6.45) is 1.90. The molecule has 0 bridgehead atoms. The lowest BCUT2D eigenvalue weighted by Gasteiger charge is -2.40. The summed E-state index contributed by atoms with van der Waals surface area (Å²) in [5.41, 5.74) is 3.81. The van der Waals surface area contributed by atoms with E-state index in [9.17, 15) is 5.26 Å². The quantitative estimate of drug-likeness (QED) is 0.815. The molecule has 0 saturated carbocycles. The van der Waals surface area contributed by atoms with Gasteiger partial charge >= 0.3 is 0 Å². The van der Waals surface area contributed by atoms with E-state index < -0.39 is 0 Å². The van der Waals surface area contributed by atoms with Gasteiger partial charge in [-0.25, -0.2) is 0 Å². The highest BCUT2D eigenvalue weighted by Gasteiger charge is 2.29. The van der Waals surface area contributed by atoms with Gasteiger partial charge in [0, 0.05) is 5.69 Å². The monoisotopic (exact) mass is 262 g/mol. The van der Waals surface area contributed by atoms with E-state index >= 15 is 0 Å². The van der Waals surface area contributed by atoms with Crippen molar-refractivity contribution in [3.8, 4) is 6.07 Å². The van der Waals surface area contributed by atoms with E-state index in [1.807, 2.05) is 6.07 Å². The molecule has 3 rings (SSSR count). The van der Waals surface area contributed by atoms with Crippen LogP contribution in [0.2, 0.25) is 0 Å². The molecule has 0 amide bonds. The molecule has 0 radical (unpaired) electrons. The maximum atomic E-state index is 9.49. The van der Waals surface area contributed by atoms with Gasteiger partial charge in [-0.05, 0) is 37.0 Å². The summed E-state index contributed by atoms with van der Waals surface area (Å²) in [4.78, 5) is 2.27. The molecule has 2 aromatic carbocycles. The molecular formula is C18H18N2. The molecule has 2 atom stereocenters. The van der Waals surface area contributed by atoms with Gasteiger partial charge in [0.15, 0.2) is 0 Å². The number of fused-ring (bicyclic) bond motifs is 1. The zero-order valence-electron chi connectivity index (χ0n) is 11.7. The Hall–Kier alpha value is -2.27. The Morgan fingerprint density at radius 2 is 1.80 bits per heavy atom. The van der Waals surface area contributed by atoms with Crippen molar-refractivity contribution < 1.29 is 0 Å². The average Bonchev–Trinajstić information content (AvgIpc) is 2.54. The van der Waals surface area contributed by atoms with E-state index in [0.29, 0.717) is 0 Å². The smallest absolute Gasteiger partial charge is 0.117 e. The molecule has 0 aromatic heterocycles. The minimum atomic E-state index is -0.0416. The van der Waals surface area contributed by atoms with Crippen molar-refractivity contribution in [3.05, 3.63) is 65.7 Å². The zero-order chi connectivity index (χ0) is 13.9. The van der Waals surface area contributed by atoms with E-state index in [-0.39, 0.29) is 12.1 Å². The first-order valence-corrected chi connectivity index (χ1v) is 7.12. The summed E-state index contributed by atoms with van der Waals surface area (Å²) in [5, 5.41) is 9.49. The van der Waals surface area contributed by atoms with Gasteiger partial charge in [-0.3, -0.25) is 0 Å². The number of nitriles is 1. The number of hydrogen-bond acceptors (Lipinski definition) is 2. The van der Waals surface area contributed by atoms with Crippen LogP contribution < -0.4 is 4.90 Å². The fourth-order valence-electron chi connectivity index (χ4n) is 3.07. The number of anilines is 1. The molecule has 1 aliphatic heterocycles. The normalized spacial score (nSPS) is 19.0. The van der Waals surface area contributed by atoms with Crippen molar-refractivity contribution in [2.45, 2.75) is 31.8 Å². The second kappa shape index (κ2) is 5.38. The molecule has 20 heavy (non-hydrogen) atoms. The van der Waals surface area contributed by atoms with E-state index in [1.165, 1.54) is 16.8 Å². The molecule has 2 aromatic rings. The second-order valence-corrected chi connectivity index (χ2v) is 5.31. The molecule has 0 spiro atoms. The first-order valence-electron chi connectivity index (χ1n) is 7.12. The van der Waals surface area contributed by atoms with Crippen LogP contribution in [-0.4, -0.2) is 6.04 Å². The van der Waals surface area contributed by atoms with Crippen molar-refractivity contribution in [1.29, 1.82) is 5.26 Å². The Kier molecular flexibility index (Phi) is 3.43. The molecule has 2 nitrogen and oxygen atoms in total. The molecule has 100 valence electrons. The van der Waals surface area contributed by atoms with Crippen LogP contribution in [0.5, 0.6) is 0 Å². The standard InChI is InChI=1S/C18H18N2/c1-14(15-7-3-2-4-8-15)20-17(13-19)12-11-16-9-5-6-10-18(16)20/h2-10,14,17H,11-12H2,1H3/t14-,17+/m1/s1. The molecular weight excluding hydrogens is 244 g/mol. The second-order valence-electron chi connectivity index (χ2n) is 5.31. The lowest BCUT2D eigenvalue weighted by atomic mass is 9.93. The van der Waals surface area contributed by atoms with Crippen molar-refractivity contribution in [3.63, 3.8) is 0 Å². The van der Waals surface area contributed by atoms with Crippen LogP contribution in [0, 0.1) is 11.3 Å². The van der Waals surface area contributed by atoms with Crippen molar-refractivity contribution in [2.24, 2.45) is 0 Å². The van der Waals surface area contributed by atoms with Crippen LogP contribution in [0.25, 0.3) is 0 Å². The van der Waals surface area contributed by atoms with Crippen molar-refractivity contribution >= 4 is 5.69 Å². The number of rotatable bonds is 2. The van der Waals surface area contributed by atoms with Crippen LogP contribution in [0.4, 0.5) is 5.69 Å². The van der Waals surface area contributed by atoms with E-state index in [4.69, 9.17) is 0 Å². The van der Waals surface area contributed by atoms with Gasteiger partial charge < -0.3 is 4.90 Å². The highest BCUT2D eigenvalue weighted by Crippen LogP contribution is 2.36. The van der Waals surface area contributed by atoms with E-state index in [1.54, 1.807) is 0 Å². The van der Waals surface area contributed by atoms with E-state index in [2.05, 4.69) is 66.4 Å². The largest absolute Gasteiger partial charge is 0.349 e. The highest BCUT2D eigenvalue weighted by atomic mass is 15.2. The van der Waals surface area contributed by atoms with Gasteiger partial charge in [-0.2, -0.15) is 5.26 Å². The predicted molar refractivity (Wildman–Crippen MR) is 81.5 cm³/mol. The first-order chi connectivity index (χ1) is 9.81. The Balaban J connectivity index is 2.03. The lowest BCUT2D eigenvalue weighted by molar-refractivity contribution is 0.553. The zero-order valence-corrected chi connectivity index (χ0v) is 11.7. The summed E-state index contributed by atoms with van der Waals surface area (Å²) in [5.74, 6) is 0. The summed E-state index contributed by atoms with van der Waals surface area (Å²) >= 11 is 0. The third-order valence-electron chi connectivity index (χ3n) is 4.14. The third kappa shape index (κ3) is 2.16. The minimum absolute atomic E-state index is 0.0416. The van der Waals surface area contributed by atoms with Gasteiger partial charge in [-0.15, -0.1) is 0 Å². The van der Waals surface area contributed by atoms with Crippen LogP contribution in [-0.2, 0) is 6.42 Å². The first kappa shape index (κ1) is 12.7. The van der Waals surface area contributed by atoms with Gasteiger partial charge in [0.1, 0.15) is 6.04 Å². The topological polar surface area (TPSA) is 27.0 Å². The summed E-state index contributed by atoms with van der Waals surface area (Å²) in [6.45, 7) is 2.18. The SMILES string of the molecule is C[C@H](c1ccccc1)N1c2ccccc2CC[C@H]1C#N. The summed E-state index contributed by atoms with van der Waals surface area (Å²) < 4.78 is 0. The average molecular weight is 262 g/mol. The third-order valence-corrected chi connectivity index (χ3v) is 4.14. The van der Waals surface area contributed by atoms with Crippen LogP contribution in [0.3, 0.4) is 0 Å². The molecule has 0 N–H and O–H groups in total. The number of benzene rings is 2. The van der Waals surface area contributed by atoms with Gasteiger partial charge in [-0.1, -0.05) is 48.5 Å². The molecule has 2 heteroatoms. The summed E-state index contributed by atoms with van der Waals surface area (Å²) in [6, 6.07) is 21.5. The van der Waals surface area contributed by atoms with Crippen molar-refractivity contribution in [2.75, 3.05) is 4.90 Å². The van der Waals surface area contributed by atoms with Gasteiger partial charge in [0.2, 0.25) is 0 Å². The Bertz CT molecular complexity index is 627. The number of aryl methyl sites for hydroxylation is 1. The fraction of sp³-hybridized carbons (Fsp3) is 0.278. The molecule has 0 unspecified atom stereocenters. The number of hydrogen-bond donors (Lipinski definition) is 0. The highest BCUT2D eigenvalue weighted by molar-refractivity contribution is 5.59. The minimum Gasteiger partial charge on any atom is -0.349 e. The predicted octanol–water partition coefficient (Wildman–Crippen LogP) is 4.09. The molecule has 0 fully saturated rings. The number of nitrogens with zero attached hydrogens (tertiary/aromatic N) is 2. The van der Waals surface area contributed by atoms with Crippen LogP contribution >= 0.6 is 0 Å². The molecule has 0 aliphatic carbocycles.